The first-order chi connectivity index (χ1) is 11.8. The van der Waals surface area contributed by atoms with Gasteiger partial charge in [0, 0.05) is 31.9 Å². The van der Waals surface area contributed by atoms with Crippen LogP contribution in [-0.2, 0) is 14.8 Å². The summed E-state index contributed by atoms with van der Waals surface area (Å²) >= 11 is 1.39. The number of benzene rings is 1. The van der Waals surface area contributed by atoms with Crippen LogP contribution in [0.3, 0.4) is 0 Å². The zero-order valence-corrected chi connectivity index (χ0v) is 16.6. The molecule has 0 bridgehead atoms. The van der Waals surface area contributed by atoms with Gasteiger partial charge in [-0.15, -0.1) is 11.8 Å². The normalized spacial score (nSPS) is 16.2. The van der Waals surface area contributed by atoms with Crippen molar-refractivity contribution in [2.45, 2.75) is 25.7 Å². The van der Waals surface area contributed by atoms with E-state index in [4.69, 9.17) is 5.11 Å². The number of aliphatic hydroxyl groups excluding tert-OH is 1. The molecule has 0 atom stereocenters. The highest BCUT2D eigenvalue weighted by molar-refractivity contribution is 7.99. The van der Waals surface area contributed by atoms with Crippen LogP contribution in [0.5, 0.6) is 0 Å². The molecule has 0 radical (unpaired) electrons. The van der Waals surface area contributed by atoms with Crippen molar-refractivity contribution in [3.8, 4) is 0 Å². The summed E-state index contributed by atoms with van der Waals surface area (Å²) in [6.45, 7) is 7.09. The van der Waals surface area contributed by atoms with Crippen molar-refractivity contribution in [1.29, 1.82) is 0 Å². The molecule has 140 valence electrons. The lowest BCUT2D eigenvalue weighted by Gasteiger charge is -2.34. The van der Waals surface area contributed by atoms with Crippen molar-refractivity contribution in [3.63, 3.8) is 0 Å². The summed E-state index contributed by atoms with van der Waals surface area (Å²) in [4.78, 5) is 14.2. The summed E-state index contributed by atoms with van der Waals surface area (Å²) < 4.78 is 27.5. The molecule has 1 saturated heterocycles. The molecule has 1 aromatic carbocycles. The number of sulfonamides is 1. The lowest BCUT2D eigenvalue weighted by Crippen LogP contribution is -2.51. The van der Waals surface area contributed by atoms with E-state index in [1.807, 2.05) is 32.9 Å². The van der Waals surface area contributed by atoms with Crippen molar-refractivity contribution in [2.24, 2.45) is 0 Å². The molecule has 1 fully saturated rings. The van der Waals surface area contributed by atoms with E-state index in [9.17, 15) is 13.2 Å². The molecule has 0 spiro atoms. The van der Waals surface area contributed by atoms with Crippen LogP contribution in [0.1, 0.15) is 16.7 Å². The van der Waals surface area contributed by atoms with E-state index in [2.05, 4.69) is 0 Å². The fourth-order valence-corrected chi connectivity index (χ4v) is 5.66. The smallest absolute Gasteiger partial charge is 0.243 e. The molecule has 1 heterocycles. The molecule has 0 unspecified atom stereocenters. The molecule has 1 aromatic rings. The number of hydrogen-bond donors (Lipinski definition) is 1. The Kier molecular flexibility index (Phi) is 6.90. The molecule has 0 aliphatic carbocycles. The summed E-state index contributed by atoms with van der Waals surface area (Å²) in [6.07, 6.45) is 0. The molecule has 1 N–H and O–H groups in total. The zero-order chi connectivity index (χ0) is 18.6. The second kappa shape index (κ2) is 8.53. The lowest BCUT2D eigenvalue weighted by molar-refractivity contribution is -0.129. The second-order valence-electron chi connectivity index (χ2n) is 6.29. The molecule has 0 saturated carbocycles. The van der Waals surface area contributed by atoms with Crippen LogP contribution in [0.4, 0.5) is 0 Å². The van der Waals surface area contributed by atoms with Gasteiger partial charge in [-0.25, -0.2) is 8.42 Å². The van der Waals surface area contributed by atoms with Crippen LogP contribution < -0.4 is 0 Å². The minimum atomic E-state index is -3.55. The Hall–Kier alpha value is -1.09. The average Bonchev–Trinajstić information content (AvgIpc) is 2.54. The maximum Gasteiger partial charge on any atom is 0.243 e. The number of thioether (sulfide) groups is 1. The van der Waals surface area contributed by atoms with Gasteiger partial charge < -0.3 is 10.0 Å². The van der Waals surface area contributed by atoms with Crippen molar-refractivity contribution in [1.82, 2.24) is 9.21 Å². The van der Waals surface area contributed by atoms with Crippen LogP contribution in [0.15, 0.2) is 17.0 Å². The maximum absolute atomic E-state index is 13.0. The standard InChI is InChI=1S/C17H26N2O4S2/c1-13-10-14(2)17(15(3)11-13)25(22,23)19-6-4-18(5-7-19)16(21)12-24-9-8-20/h10-11,20H,4-9,12H2,1-3H3. The van der Waals surface area contributed by atoms with Crippen molar-refractivity contribution >= 4 is 27.7 Å². The first kappa shape index (κ1) is 20.2. The molecule has 1 amide bonds. The Labute approximate surface area is 154 Å². The first-order valence-corrected chi connectivity index (χ1v) is 10.9. The topological polar surface area (TPSA) is 77.9 Å². The Bertz CT molecular complexity index is 703. The predicted molar refractivity (Wildman–Crippen MR) is 100 cm³/mol. The molecular weight excluding hydrogens is 360 g/mol. The number of rotatable bonds is 6. The maximum atomic E-state index is 13.0. The summed E-state index contributed by atoms with van der Waals surface area (Å²) in [7, 11) is -3.55. The highest BCUT2D eigenvalue weighted by Gasteiger charge is 2.32. The molecule has 8 heteroatoms. The molecule has 6 nitrogen and oxygen atoms in total. The van der Waals surface area contributed by atoms with E-state index in [1.165, 1.54) is 16.1 Å². The van der Waals surface area contributed by atoms with Crippen molar-refractivity contribution in [2.75, 3.05) is 44.3 Å². The lowest BCUT2D eigenvalue weighted by atomic mass is 10.1. The number of carbonyl (C=O) groups is 1. The van der Waals surface area contributed by atoms with E-state index in [0.717, 1.165) is 16.7 Å². The average molecular weight is 387 g/mol. The van der Waals surface area contributed by atoms with Gasteiger partial charge in [0.15, 0.2) is 0 Å². The van der Waals surface area contributed by atoms with Crippen molar-refractivity contribution in [3.05, 3.63) is 28.8 Å². The van der Waals surface area contributed by atoms with E-state index >= 15 is 0 Å². The third-order valence-electron chi connectivity index (χ3n) is 4.26. The third-order valence-corrected chi connectivity index (χ3v) is 7.38. The van der Waals surface area contributed by atoms with E-state index in [-0.39, 0.29) is 12.5 Å². The number of aliphatic hydroxyl groups is 1. The van der Waals surface area contributed by atoms with Crippen LogP contribution in [0.2, 0.25) is 0 Å². The van der Waals surface area contributed by atoms with E-state index in [1.54, 1.807) is 4.90 Å². The second-order valence-corrected chi connectivity index (χ2v) is 9.27. The van der Waals surface area contributed by atoms with Gasteiger partial charge in [-0.05, 0) is 31.9 Å². The Morgan fingerprint density at radius 1 is 1.12 bits per heavy atom. The summed E-state index contributed by atoms with van der Waals surface area (Å²) in [5.74, 6) is 0.855. The van der Waals surface area contributed by atoms with Gasteiger partial charge in [-0.2, -0.15) is 4.31 Å². The molecule has 2 rings (SSSR count). The number of hydrogen-bond acceptors (Lipinski definition) is 5. The van der Waals surface area contributed by atoms with Crippen LogP contribution in [-0.4, -0.2) is 72.9 Å². The highest BCUT2D eigenvalue weighted by atomic mass is 32.2. The van der Waals surface area contributed by atoms with Gasteiger partial charge in [-0.3, -0.25) is 4.79 Å². The third kappa shape index (κ3) is 4.75. The number of aryl methyl sites for hydroxylation is 3. The van der Waals surface area contributed by atoms with E-state index in [0.29, 0.717) is 42.6 Å². The minimum Gasteiger partial charge on any atom is -0.396 e. The molecule has 25 heavy (non-hydrogen) atoms. The fourth-order valence-electron chi connectivity index (χ4n) is 3.20. The predicted octanol–water partition coefficient (Wildman–Crippen LogP) is 1.17. The van der Waals surface area contributed by atoms with Gasteiger partial charge >= 0.3 is 0 Å². The molecule has 1 aliphatic rings. The van der Waals surface area contributed by atoms with Gasteiger partial charge in [0.1, 0.15) is 0 Å². The van der Waals surface area contributed by atoms with Gasteiger partial charge in [0.25, 0.3) is 0 Å². The summed E-state index contributed by atoms with van der Waals surface area (Å²) in [6, 6.07) is 3.77. The first-order valence-electron chi connectivity index (χ1n) is 8.31. The Balaban J connectivity index is 2.06. The Morgan fingerprint density at radius 2 is 1.68 bits per heavy atom. The molecule has 0 aromatic heterocycles. The van der Waals surface area contributed by atoms with Gasteiger partial charge in [0.05, 0.1) is 17.3 Å². The molecule has 1 aliphatic heterocycles. The fraction of sp³-hybridized carbons (Fsp3) is 0.588. The summed E-state index contributed by atoms with van der Waals surface area (Å²) in [5.41, 5.74) is 2.57. The van der Waals surface area contributed by atoms with Gasteiger partial charge in [-0.1, -0.05) is 17.7 Å². The molecular formula is C17H26N2O4S2. The number of piperazine rings is 1. The zero-order valence-electron chi connectivity index (χ0n) is 15.0. The summed E-state index contributed by atoms with van der Waals surface area (Å²) in [5, 5.41) is 8.76. The number of carbonyl (C=O) groups excluding carboxylic acids is 1. The van der Waals surface area contributed by atoms with E-state index < -0.39 is 10.0 Å². The number of nitrogens with zero attached hydrogens (tertiary/aromatic N) is 2. The quantitative estimate of drug-likeness (QED) is 0.743. The van der Waals surface area contributed by atoms with Crippen LogP contribution in [0.25, 0.3) is 0 Å². The van der Waals surface area contributed by atoms with Gasteiger partial charge in [0.2, 0.25) is 15.9 Å². The van der Waals surface area contributed by atoms with Crippen LogP contribution in [0, 0.1) is 20.8 Å². The van der Waals surface area contributed by atoms with Crippen LogP contribution >= 0.6 is 11.8 Å². The monoisotopic (exact) mass is 386 g/mol. The number of amides is 1. The largest absolute Gasteiger partial charge is 0.396 e. The Morgan fingerprint density at radius 3 is 2.20 bits per heavy atom. The highest BCUT2D eigenvalue weighted by Crippen LogP contribution is 2.26. The van der Waals surface area contributed by atoms with Crippen molar-refractivity contribution < 1.29 is 18.3 Å². The SMILES string of the molecule is Cc1cc(C)c(S(=O)(=O)N2CCN(C(=O)CSCCO)CC2)c(C)c1. The minimum absolute atomic E-state index is 0.00167.